The topological polar surface area (TPSA) is 35.5 Å². The van der Waals surface area contributed by atoms with Crippen molar-refractivity contribution in [2.45, 2.75) is 56.7 Å². The van der Waals surface area contributed by atoms with Crippen molar-refractivity contribution in [3.8, 4) is 5.75 Å². The van der Waals surface area contributed by atoms with Gasteiger partial charge in [-0.15, -0.1) is 0 Å². The number of benzene rings is 1. The van der Waals surface area contributed by atoms with Gasteiger partial charge >= 0.3 is 0 Å². The van der Waals surface area contributed by atoms with Gasteiger partial charge in [-0.1, -0.05) is 30.9 Å². The molecule has 1 aliphatic carbocycles. The van der Waals surface area contributed by atoms with Crippen LogP contribution in [0.3, 0.4) is 0 Å². The lowest BCUT2D eigenvalue weighted by Crippen LogP contribution is -2.45. The van der Waals surface area contributed by atoms with E-state index in [1.54, 1.807) is 18.2 Å². The Labute approximate surface area is 130 Å². The Balaban J connectivity index is 1.71. The highest BCUT2D eigenvalue weighted by atomic mass is 35.5. The molecule has 1 heterocycles. The van der Waals surface area contributed by atoms with Crippen molar-refractivity contribution >= 4 is 17.9 Å². The zero-order valence-electron chi connectivity index (χ0n) is 12.1. The van der Waals surface area contributed by atoms with Crippen LogP contribution in [0.15, 0.2) is 18.2 Å². The van der Waals surface area contributed by atoms with Gasteiger partial charge in [-0.05, 0) is 31.0 Å². The Kier molecular flexibility index (Phi) is 4.51. The van der Waals surface area contributed by atoms with Crippen LogP contribution in [0.25, 0.3) is 0 Å². The quantitative estimate of drug-likeness (QED) is 0.776. The third-order valence-electron chi connectivity index (χ3n) is 4.60. The first kappa shape index (κ1) is 14.9. The van der Waals surface area contributed by atoms with Crippen molar-refractivity contribution in [3.05, 3.63) is 28.8 Å². The Hall–Kier alpha value is -1.06. The van der Waals surface area contributed by atoms with E-state index >= 15 is 0 Å². The molecule has 3 rings (SSSR count). The van der Waals surface area contributed by atoms with E-state index in [9.17, 15) is 4.79 Å². The fourth-order valence-electron chi connectivity index (χ4n) is 3.53. The second kappa shape index (κ2) is 6.37. The molecule has 1 saturated carbocycles. The maximum Gasteiger partial charge on any atom is 0.153 e. The molecule has 3 nitrogen and oxygen atoms in total. The number of rotatable bonds is 3. The van der Waals surface area contributed by atoms with Crippen molar-refractivity contribution in [1.29, 1.82) is 0 Å². The van der Waals surface area contributed by atoms with Crippen molar-refractivity contribution < 1.29 is 14.3 Å². The number of aldehydes is 1. The van der Waals surface area contributed by atoms with Gasteiger partial charge in [0.25, 0.3) is 0 Å². The van der Waals surface area contributed by atoms with Gasteiger partial charge in [0.1, 0.15) is 11.9 Å². The van der Waals surface area contributed by atoms with Crippen LogP contribution in [0.5, 0.6) is 5.75 Å². The van der Waals surface area contributed by atoms with Gasteiger partial charge in [0, 0.05) is 17.9 Å². The molecular weight excluding hydrogens is 288 g/mol. The third kappa shape index (κ3) is 3.41. The zero-order chi connectivity index (χ0) is 14.7. The van der Waals surface area contributed by atoms with E-state index in [1.165, 1.54) is 19.3 Å². The average Bonchev–Trinajstić information content (AvgIpc) is 2.50. The standard InChI is InChI=1S/C17H21ClO3/c18-14-4-5-16(13(10-14)12-19)21-15-6-9-20-17(11-15)7-2-1-3-8-17/h4-5,10,12,15H,1-3,6-9,11H2. The highest BCUT2D eigenvalue weighted by Gasteiger charge is 2.39. The van der Waals surface area contributed by atoms with E-state index in [-0.39, 0.29) is 11.7 Å². The number of ether oxygens (including phenoxy) is 2. The molecule has 0 amide bonds. The molecule has 1 aromatic rings. The molecular formula is C17H21ClO3. The highest BCUT2D eigenvalue weighted by molar-refractivity contribution is 6.30. The molecule has 4 heteroatoms. The maximum absolute atomic E-state index is 11.2. The van der Waals surface area contributed by atoms with E-state index in [1.807, 2.05) is 0 Å². The van der Waals surface area contributed by atoms with Crippen molar-refractivity contribution in [2.75, 3.05) is 6.61 Å². The SMILES string of the molecule is O=Cc1cc(Cl)ccc1OC1CCOC2(CCCCC2)C1. The second-order valence-electron chi connectivity index (χ2n) is 6.12. The zero-order valence-corrected chi connectivity index (χ0v) is 12.9. The molecule has 1 atom stereocenters. The van der Waals surface area contributed by atoms with Gasteiger partial charge in [0.05, 0.1) is 17.8 Å². The average molecular weight is 309 g/mol. The summed E-state index contributed by atoms with van der Waals surface area (Å²) in [6, 6.07) is 5.20. The Morgan fingerprint density at radius 2 is 2.10 bits per heavy atom. The first-order valence-electron chi connectivity index (χ1n) is 7.76. The molecule has 1 aromatic carbocycles. The molecule has 0 bridgehead atoms. The van der Waals surface area contributed by atoms with Crippen LogP contribution in [0, 0.1) is 0 Å². The summed E-state index contributed by atoms with van der Waals surface area (Å²) in [6.45, 7) is 0.745. The minimum Gasteiger partial charge on any atom is -0.489 e. The largest absolute Gasteiger partial charge is 0.489 e. The lowest BCUT2D eigenvalue weighted by molar-refractivity contribution is -0.129. The summed E-state index contributed by atoms with van der Waals surface area (Å²) in [5, 5.41) is 0.556. The van der Waals surface area contributed by atoms with E-state index < -0.39 is 0 Å². The van der Waals surface area contributed by atoms with E-state index in [0.29, 0.717) is 16.3 Å². The van der Waals surface area contributed by atoms with E-state index in [2.05, 4.69) is 0 Å². The molecule has 21 heavy (non-hydrogen) atoms. The van der Waals surface area contributed by atoms with Crippen LogP contribution < -0.4 is 4.74 Å². The molecule has 0 aromatic heterocycles. The van der Waals surface area contributed by atoms with Crippen LogP contribution in [0.2, 0.25) is 5.02 Å². The van der Waals surface area contributed by atoms with E-state index in [0.717, 1.165) is 38.6 Å². The van der Waals surface area contributed by atoms with Crippen LogP contribution in [0.4, 0.5) is 0 Å². The molecule has 1 aliphatic heterocycles. The summed E-state index contributed by atoms with van der Waals surface area (Å²) < 4.78 is 12.2. The minimum atomic E-state index is 0.00886. The van der Waals surface area contributed by atoms with E-state index in [4.69, 9.17) is 21.1 Å². The molecule has 2 fully saturated rings. The smallest absolute Gasteiger partial charge is 0.153 e. The molecule has 2 aliphatic rings. The fourth-order valence-corrected chi connectivity index (χ4v) is 3.71. The molecule has 1 spiro atoms. The summed E-state index contributed by atoms with van der Waals surface area (Å²) in [5.41, 5.74) is 0.529. The van der Waals surface area contributed by atoms with Crippen molar-refractivity contribution in [1.82, 2.24) is 0 Å². The summed E-state index contributed by atoms with van der Waals surface area (Å²) in [5.74, 6) is 0.632. The molecule has 1 unspecified atom stereocenters. The van der Waals surface area contributed by atoms with Crippen LogP contribution >= 0.6 is 11.6 Å². The van der Waals surface area contributed by atoms with Gasteiger partial charge in [0.2, 0.25) is 0 Å². The summed E-state index contributed by atoms with van der Waals surface area (Å²) in [4.78, 5) is 11.2. The van der Waals surface area contributed by atoms with Gasteiger partial charge in [-0.25, -0.2) is 0 Å². The fraction of sp³-hybridized carbons (Fsp3) is 0.588. The predicted octanol–water partition coefficient (Wildman–Crippen LogP) is 4.41. The molecule has 0 radical (unpaired) electrons. The first-order valence-corrected chi connectivity index (χ1v) is 8.14. The van der Waals surface area contributed by atoms with Crippen LogP contribution in [0.1, 0.15) is 55.3 Å². The maximum atomic E-state index is 11.2. The first-order chi connectivity index (χ1) is 10.2. The molecule has 1 saturated heterocycles. The van der Waals surface area contributed by atoms with Crippen molar-refractivity contribution in [2.24, 2.45) is 0 Å². The van der Waals surface area contributed by atoms with Crippen LogP contribution in [-0.2, 0) is 4.74 Å². The van der Waals surface area contributed by atoms with Gasteiger partial charge in [0.15, 0.2) is 6.29 Å². The van der Waals surface area contributed by atoms with Crippen molar-refractivity contribution in [3.63, 3.8) is 0 Å². The van der Waals surface area contributed by atoms with Gasteiger partial charge in [-0.3, -0.25) is 4.79 Å². The Bertz CT molecular complexity index is 503. The number of carbonyl (C=O) groups excluding carboxylic acids is 1. The summed E-state index contributed by atoms with van der Waals surface area (Å²) in [6.07, 6.45) is 8.79. The predicted molar refractivity (Wildman–Crippen MR) is 82.3 cm³/mol. The van der Waals surface area contributed by atoms with Crippen LogP contribution in [-0.4, -0.2) is 24.6 Å². The monoisotopic (exact) mass is 308 g/mol. The minimum absolute atomic E-state index is 0.00886. The van der Waals surface area contributed by atoms with Gasteiger partial charge in [-0.2, -0.15) is 0 Å². The summed E-state index contributed by atoms with van der Waals surface area (Å²) >= 11 is 5.92. The summed E-state index contributed by atoms with van der Waals surface area (Å²) in [7, 11) is 0. The molecule has 0 N–H and O–H groups in total. The normalized spacial score (nSPS) is 24.7. The second-order valence-corrected chi connectivity index (χ2v) is 6.56. The number of hydrogen-bond acceptors (Lipinski definition) is 3. The number of carbonyl (C=O) groups is 1. The highest BCUT2D eigenvalue weighted by Crippen LogP contribution is 2.39. The lowest BCUT2D eigenvalue weighted by Gasteiger charge is -2.43. The number of hydrogen-bond donors (Lipinski definition) is 0. The number of halogens is 1. The Morgan fingerprint density at radius 3 is 2.86 bits per heavy atom. The molecule has 114 valence electrons. The van der Waals surface area contributed by atoms with Gasteiger partial charge < -0.3 is 9.47 Å². The Morgan fingerprint density at radius 1 is 1.29 bits per heavy atom. The third-order valence-corrected chi connectivity index (χ3v) is 4.84. The lowest BCUT2D eigenvalue weighted by atomic mass is 9.79.